The number of likely N-dealkylation sites (tertiary alicyclic amines) is 1. The largest absolute Gasteiger partial charge is 0.381 e. The van der Waals surface area contributed by atoms with E-state index >= 15 is 0 Å². The summed E-state index contributed by atoms with van der Waals surface area (Å²) in [5.74, 6) is 0. The Bertz CT molecular complexity index is 700. The number of imidazole rings is 1. The van der Waals surface area contributed by atoms with E-state index in [1.54, 1.807) is 12.5 Å². The maximum atomic E-state index is 12.7. The van der Waals surface area contributed by atoms with Crippen LogP contribution in [0.4, 0.5) is 10.5 Å². The van der Waals surface area contributed by atoms with Crippen LogP contribution in [0, 0.1) is 5.41 Å². The van der Waals surface area contributed by atoms with Crippen molar-refractivity contribution in [3.05, 3.63) is 43.0 Å². The van der Waals surface area contributed by atoms with Gasteiger partial charge >= 0.3 is 6.03 Å². The molecule has 1 aromatic carbocycles. The van der Waals surface area contributed by atoms with Gasteiger partial charge < -0.3 is 19.5 Å². The first kappa shape index (κ1) is 16.1. The SMILES string of the molecule is O=C(Nc1ccc(-n2ccnc2)cc1)N1CCCC2(CCOCC2)C1. The predicted octanol–water partition coefficient (Wildman–Crippen LogP) is 3.30. The van der Waals surface area contributed by atoms with Crippen LogP contribution in [0.15, 0.2) is 43.0 Å². The highest BCUT2D eigenvalue weighted by Crippen LogP contribution is 2.39. The molecule has 3 heterocycles. The van der Waals surface area contributed by atoms with E-state index in [0.29, 0.717) is 0 Å². The van der Waals surface area contributed by atoms with Crippen LogP contribution in [0.3, 0.4) is 0 Å². The van der Waals surface area contributed by atoms with Crippen molar-refractivity contribution in [2.24, 2.45) is 5.41 Å². The zero-order chi connectivity index (χ0) is 17.1. The minimum absolute atomic E-state index is 0.000877. The molecule has 2 aliphatic heterocycles. The second-order valence-corrected chi connectivity index (χ2v) is 7.08. The van der Waals surface area contributed by atoms with Crippen LogP contribution in [0.2, 0.25) is 0 Å². The smallest absolute Gasteiger partial charge is 0.321 e. The fraction of sp³-hybridized carbons (Fsp3) is 0.474. The summed E-state index contributed by atoms with van der Waals surface area (Å²) in [5, 5.41) is 3.04. The maximum Gasteiger partial charge on any atom is 0.321 e. The molecule has 4 rings (SSSR count). The predicted molar refractivity (Wildman–Crippen MR) is 95.9 cm³/mol. The Kier molecular flexibility index (Phi) is 4.44. The standard InChI is InChI=1S/C19H24N4O2/c24-18(22-10-1-6-19(14-22)7-12-25-13-8-19)21-16-2-4-17(5-3-16)23-11-9-20-15-23/h2-5,9,11,15H,1,6-8,10,12-14H2,(H,21,24). The number of nitrogens with zero attached hydrogens (tertiary/aromatic N) is 3. The van der Waals surface area contributed by atoms with Gasteiger partial charge in [0.1, 0.15) is 0 Å². The molecule has 1 spiro atoms. The van der Waals surface area contributed by atoms with Gasteiger partial charge in [-0.1, -0.05) is 0 Å². The van der Waals surface area contributed by atoms with Crippen molar-refractivity contribution in [1.82, 2.24) is 14.5 Å². The molecule has 1 aromatic heterocycles. The van der Waals surface area contributed by atoms with Gasteiger partial charge in [-0.25, -0.2) is 9.78 Å². The average molecular weight is 340 g/mol. The molecule has 0 atom stereocenters. The van der Waals surface area contributed by atoms with E-state index in [1.165, 1.54) is 6.42 Å². The first-order valence-corrected chi connectivity index (χ1v) is 8.96. The molecule has 6 nitrogen and oxygen atoms in total. The third-order valence-electron chi connectivity index (χ3n) is 5.42. The highest BCUT2D eigenvalue weighted by atomic mass is 16.5. The van der Waals surface area contributed by atoms with Crippen LogP contribution in [0.25, 0.3) is 5.69 Å². The number of benzene rings is 1. The van der Waals surface area contributed by atoms with Gasteiger partial charge in [0.25, 0.3) is 0 Å². The van der Waals surface area contributed by atoms with E-state index in [1.807, 2.05) is 39.9 Å². The van der Waals surface area contributed by atoms with Gasteiger partial charge in [-0.2, -0.15) is 0 Å². The summed E-state index contributed by atoms with van der Waals surface area (Å²) in [6.45, 7) is 3.33. The highest BCUT2D eigenvalue weighted by Gasteiger charge is 2.38. The Morgan fingerprint density at radius 1 is 1.16 bits per heavy atom. The lowest BCUT2D eigenvalue weighted by atomic mass is 9.74. The molecule has 2 aliphatic rings. The summed E-state index contributed by atoms with van der Waals surface area (Å²) >= 11 is 0. The number of hydrogen-bond acceptors (Lipinski definition) is 3. The van der Waals surface area contributed by atoms with Crippen molar-refractivity contribution < 1.29 is 9.53 Å². The van der Waals surface area contributed by atoms with Gasteiger partial charge in [0.15, 0.2) is 0 Å². The molecule has 1 N–H and O–H groups in total. The highest BCUT2D eigenvalue weighted by molar-refractivity contribution is 5.89. The number of urea groups is 1. The normalized spacial score (nSPS) is 19.8. The van der Waals surface area contributed by atoms with E-state index in [-0.39, 0.29) is 11.4 Å². The van der Waals surface area contributed by atoms with Crippen LogP contribution in [-0.4, -0.2) is 46.8 Å². The lowest BCUT2D eigenvalue weighted by molar-refractivity contribution is -0.0175. The van der Waals surface area contributed by atoms with Crippen molar-refractivity contribution in [2.45, 2.75) is 25.7 Å². The summed E-state index contributed by atoms with van der Waals surface area (Å²) in [6.07, 6.45) is 9.82. The van der Waals surface area contributed by atoms with E-state index < -0.39 is 0 Å². The Morgan fingerprint density at radius 3 is 2.68 bits per heavy atom. The number of nitrogens with one attached hydrogen (secondary N) is 1. The second kappa shape index (κ2) is 6.88. The zero-order valence-electron chi connectivity index (χ0n) is 14.4. The molecule has 0 bridgehead atoms. The maximum absolute atomic E-state index is 12.7. The number of aromatic nitrogens is 2. The first-order valence-electron chi connectivity index (χ1n) is 8.96. The molecular weight excluding hydrogens is 316 g/mol. The number of rotatable bonds is 2. The number of ether oxygens (including phenoxy) is 1. The van der Waals surface area contributed by atoms with E-state index in [2.05, 4.69) is 10.3 Å². The molecule has 6 heteroatoms. The van der Waals surface area contributed by atoms with Crippen LogP contribution < -0.4 is 5.32 Å². The minimum Gasteiger partial charge on any atom is -0.381 e. The Morgan fingerprint density at radius 2 is 1.96 bits per heavy atom. The third kappa shape index (κ3) is 3.54. The van der Waals surface area contributed by atoms with Crippen LogP contribution in [0.1, 0.15) is 25.7 Å². The average Bonchev–Trinajstić information content (AvgIpc) is 3.18. The van der Waals surface area contributed by atoms with Gasteiger partial charge in [0.05, 0.1) is 6.33 Å². The lowest BCUT2D eigenvalue weighted by Crippen LogP contribution is -2.49. The molecule has 0 saturated carbocycles. The van der Waals surface area contributed by atoms with Crippen molar-refractivity contribution in [3.63, 3.8) is 0 Å². The monoisotopic (exact) mass is 340 g/mol. The summed E-state index contributed by atoms with van der Waals surface area (Å²) < 4.78 is 7.44. The molecule has 0 aliphatic carbocycles. The Balaban J connectivity index is 1.39. The summed E-state index contributed by atoms with van der Waals surface area (Å²) in [6, 6.07) is 7.82. The van der Waals surface area contributed by atoms with Crippen molar-refractivity contribution >= 4 is 11.7 Å². The molecule has 0 unspecified atom stereocenters. The van der Waals surface area contributed by atoms with Crippen LogP contribution in [-0.2, 0) is 4.74 Å². The Labute approximate surface area is 147 Å². The topological polar surface area (TPSA) is 59.4 Å². The van der Waals surface area contributed by atoms with Crippen LogP contribution in [0.5, 0.6) is 0 Å². The number of hydrogen-bond donors (Lipinski definition) is 1. The van der Waals surface area contributed by atoms with Gasteiger partial charge in [0, 0.05) is 50.1 Å². The second-order valence-electron chi connectivity index (χ2n) is 7.08. The first-order chi connectivity index (χ1) is 12.2. The molecule has 2 aromatic rings. The fourth-order valence-electron chi connectivity index (χ4n) is 3.93. The Hall–Kier alpha value is -2.34. The number of amides is 2. The van der Waals surface area contributed by atoms with Crippen LogP contribution >= 0.6 is 0 Å². The quantitative estimate of drug-likeness (QED) is 0.912. The number of carbonyl (C=O) groups is 1. The fourth-order valence-corrected chi connectivity index (χ4v) is 3.93. The van der Waals surface area contributed by atoms with Crippen molar-refractivity contribution in [2.75, 3.05) is 31.6 Å². The number of anilines is 1. The molecule has 2 fully saturated rings. The molecule has 2 amide bonds. The van der Waals surface area contributed by atoms with Crippen molar-refractivity contribution in [3.8, 4) is 5.69 Å². The van der Waals surface area contributed by atoms with Gasteiger partial charge in [-0.15, -0.1) is 0 Å². The molecule has 2 saturated heterocycles. The number of piperidine rings is 1. The van der Waals surface area contributed by atoms with Gasteiger partial charge in [0.2, 0.25) is 0 Å². The molecule has 132 valence electrons. The third-order valence-corrected chi connectivity index (χ3v) is 5.42. The minimum atomic E-state index is 0.000877. The van der Waals surface area contributed by atoms with Gasteiger partial charge in [-0.05, 0) is 55.4 Å². The van der Waals surface area contributed by atoms with Gasteiger partial charge in [-0.3, -0.25) is 0 Å². The summed E-state index contributed by atoms with van der Waals surface area (Å²) in [4.78, 5) is 18.7. The molecule has 0 radical (unpaired) electrons. The molecular formula is C19H24N4O2. The van der Waals surface area contributed by atoms with E-state index in [4.69, 9.17) is 4.74 Å². The van der Waals surface area contributed by atoms with E-state index in [9.17, 15) is 4.79 Å². The zero-order valence-corrected chi connectivity index (χ0v) is 14.4. The summed E-state index contributed by atoms with van der Waals surface area (Å²) in [7, 11) is 0. The lowest BCUT2D eigenvalue weighted by Gasteiger charge is -2.45. The number of carbonyl (C=O) groups excluding carboxylic acids is 1. The molecule has 25 heavy (non-hydrogen) atoms. The summed E-state index contributed by atoms with van der Waals surface area (Å²) in [5.41, 5.74) is 2.11. The van der Waals surface area contributed by atoms with E-state index in [0.717, 1.165) is 56.9 Å². The van der Waals surface area contributed by atoms with Crippen molar-refractivity contribution in [1.29, 1.82) is 0 Å².